The third-order valence-corrected chi connectivity index (χ3v) is 1.29. The quantitative estimate of drug-likeness (QED) is 0.386. The maximum atomic E-state index is 8.67. The Morgan fingerprint density at radius 3 is 1.25 bits per heavy atom. The first-order valence-electron chi connectivity index (χ1n) is 3.41. The van der Waals surface area contributed by atoms with Crippen molar-refractivity contribution in [3.63, 3.8) is 0 Å². The molecule has 0 aromatic carbocycles. The molecule has 10 N–H and O–H groups in total. The van der Waals surface area contributed by atoms with Gasteiger partial charge in [0.05, 0.1) is 0 Å². The maximum absolute atomic E-state index is 8.67. The van der Waals surface area contributed by atoms with Crippen molar-refractivity contribution in [2.75, 3.05) is 13.1 Å². The first-order chi connectivity index (χ1) is 5.45. The van der Waals surface area contributed by atoms with E-state index < -0.39 is 5.17 Å². The van der Waals surface area contributed by atoms with Crippen LogP contribution in [-0.4, -0.2) is 84.5 Å². The molecule has 0 aliphatic heterocycles. The van der Waals surface area contributed by atoms with Crippen LogP contribution in [0.2, 0.25) is 0 Å². The molecule has 7 nitrogen and oxygen atoms in total. The van der Waals surface area contributed by atoms with Gasteiger partial charge < -0.3 is 37.3 Å². The van der Waals surface area contributed by atoms with Crippen LogP contribution in [0.3, 0.4) is 0 Å². The number of hydrogen-bond acceptors (Lipinski definition) is 2. The van der Waals surface area contributed by atoms with Crippen molar-refractivity contribution in [3.8, 4) is 0 Å². The molecule has 10 heteroatoms. The summed E-state index contributed by atoms with van der Waals surface area (Å²) in [6, 6.07) is 0. The average molecular weight is 288 g/mol. The average Bonchev–Trinajstić information content (AvgIpc) is 1.87. The fraction of sp³-hybridized carbons (Fsp3) is 0.667. The number of aliphatic hydroxyl groups is 2. The molecule has 0 saturated heterocycles. The second kappa shape index (κ2) is 24.5. The first kappa shape index (κ1) is 36.0. The Kier molecular flexibility index (Phi) is 55.0. The van der Waals surface area contributed by atoms with Gasteiger partial charge in [0.1, 0.15) is 0 Å². The Morgan fingerprint density at radius 2 is 1.25 bits per heavy atom. The summed E-state index contributed by atoms with van der Waals surface area (Å²) >= 11 is 8.37. The van der Waals surface area contributed by atoms with E-state index >= 15 is 0 Å². The number of nitrogens with zero attached hydrogens (tertiary/aromatic N) is 1. The molecule has 0 aliphatic carbocycles. The van der Waals surface area contributed by atoms with E-state index in [0.29, 0.717) is 0 Å². The summed E-state index contributed by atoms with van der Waals surface area (Å²) in [5.74, 6) is 0. The minimum absolute atomic E-state index is 0. The van der Waals surface area contributed by atoms with Gasteiger partial charge in [-0.1, -0.05) is 0 Å². The van der Waals surface area contributed by atoms with Crippen LogP contribution >= 0.6 is 24.4 Å². The van der Waals surface area contributed by atoms with Crippen molar-refractivity contribution in [1.29, 1.82) is 0 Å². The molecular weight excluding hydrogens is 267 g/mol. The molecule has 0 fully saturated rings. The standard InChI is InChI=1S/C5H11NOS.CH3NOS.Na.3H2O.H/c1-3-6(4-2)5(7)8;2-1(3)4;;;;;/h3-4H2,1-2H3,(H,7,8);(H3,2,3,4);;3*1H2;. The summed E-state index contributed by atoms with van der Waals surface area (Å²) in [5, 5.41) is 15.7. The first-order valence-corrected chi connectivity index (χ1v) is 4.23. The molecule has 0 bridgehead atoms. The van der Waals surface area contributed by atoms with Gasteiger partial charge in [-0.05, 0) is 38.3 Å². The molecule has 0 amide bonds. The number of thiocarbonyl (C=S) groups is 2. The third kappa shape index (κ3) is 36.7. The van der Waals surface area contributed by atoms with Gasteiger partial charge in [0.25, 0.3) is 10.3 Å². The summed E-state index contributed by atoms with van der Waals surface area (Å²) < 4.78 is 0. The zero-order valence-corrected chi connectivity index (χ0v) is 10.3. The van der Waals surface area contributed by atoms with E-state index in [-0.39, 0.29) is 51.2 Å². The van der Waals surface area contributed by atoms with Crippen molar-refractivity contribution in [1.82, 2.24) is 4.90 Å². The monoisotopic (exact) mass is 288 g/mol. The van der Waals surface area contributed by atoms with Gasteiger partial charge in [0.15, 0.2) is 0 Å². The van der Waals surface area contributed by atoms with E-state index in [1.807, 2.05) is 13.8 Å². The molecule has 0 rings (SSSR count). The van der Waals surface area contributed by atoms with Crippen LogP contribution in [0.25, 0.3) is 0 Å². The van der Waals surface area contributed by atoms with E-state index in [2.05, 4.69) is 30.2 Å². The van der Waals surface area contributed by atoms with Crippen LogP contribution in [0.4, 0.5) is 0 Å². The van der Waals surface area contributed by atoms with Crippen molar-refractivity contribution < 1.29 is 26.6 Å². The molecule has 0 heterocycles. The van der Waals surface area contributed by atoms with Gasteiger partial charge in [-0.2, -0.15) is 0 Å². The SMILES string of the molecule is CCN(CC)C(O)=S.NC(O)=S.O.O.O.[NaH]. The van der Waals surface area contributed by atoms with Gasteiger partial charge in [0.2, 0.25) is 0 Å². The summed E-state index contributed by atoms with van der Waals surface area (Å²) in [5.41, 5.74) is 4.40. The molecule has 0 spiro atoms. The van der Waals surface area contributed by atoms with Gasteiger partial charge in [0, 0.05) is 13.1 Å². The molecule has 0 aliphatic rings. The molecule has 0 aromatic heterocycles. The Balaban J connectivity index is -0.0000000281. The van der Waals surface area contributed by atoms with Crippen molar-refractivity contribution in [2.45, 2.75) is 13.8 Å². The topological polar surface area (TPSA) is 164 Å². The molecule has 0 aromatic rings. The zero-order valence-electron chi connectivity index (χ0n) is 8.65. The number of nitrogens with two attached hydrogens (primary N) is 1. The fourth-order valence-corrected chi connectivity index (χ4v) is 0.752. The Hall–Kier alpha value is 0.260. The third-order valence-electron chi connectivity index (χ3n) is 1.03. The Labute approximate surface area is 128 Å². The van der Waals surface area contributed by atoms with Gasteiger partial charge in [-0.15, -0.1) is 0 Å². The van der Waals surface area contributed by atoms with Gasteiger partial charge in [-0.25, -0.2) is 0 Å². The van der Waals surface area contributed by atoms with Crippen LogP contribution in [-0.2, 0) is 0 Å². The van der Waals surface area contributed by atoms with Crippen molar-refractivity contribution >= 4 is 64.3 Å². The molecule has 0 unspecified atom stereocenters. The minimum atomic E-state index is -0.500. The van der Waals surface area contributed by atoms with Crippen LogP contribution in [0, 0.1) is 0 Å². The molecule has 0 radical (unpaired) electrons. The van der Waals surface area contributed by atoms with E-state index in [4.69, 9.17) is 10.2 Å². The van der Waals surface area contributed by atoms with E-state index in [0.717, 1.165) is 13.1 Å². The summed E-state index contributed by atoms with van der Waals surface area (Å²) in [7, 11) is 0. The molecule has 98 valence electrons. The summed E-state index contributed by atoms with van der Waals surface area (Å²) in [6.45, 7) is 5.47. The normalized spacial score (nSPS) is 5.88. The Morgan fingerprint density at radius 1 is 1.06 bits per heavy atom. The van der Waals surface area contributed by atoms with Crippen LogP contribution in [0.15, 0.2) is 0 Å². The number of hydrogen-bond donors (Lipinski definition) is 3. The number of rotatable bonds is 2. The molecule has 0 atom stereocenters. The molecular formula is C6H21N2NaO5S2. The zero-order chi connectivity index (χ0) is 10.1. The van der Waals surface area contributed by atoms with E-state index in [1.165, 1.54) is 0 Å². The van der Waals surface area contributed by atoms with Crippen LogP contribution in [0.5, 0.6) is 0 Å². The van der Waals surface area contributed by atoms with Crippen LogP contribution in [0.1, 0.15) is 13.8 Å². The van der Waals surface area contributed by atoms with Crippen molar-refractivity contribution in [3.05, 3.63) is 0 Å². The second-order valence-electron chi connectivity index (χ2n) is 1.79. The van der Waals surface area contributed by atoms with Crippen molar-refractivity contribution in [2.24, 2.45) is 5.73 Å². The van der Waals surface area contributed by atoms with E-state index in [1.54, 1.807) is 4.90 Å². The predicted molar refractivity (Wildman–Crippen MR) is 75.6 cm³/mol. The fourth-order valence-electron chi connectivity index (χ4n) is 0.494. The molecule has 0 saturated carbocycles. The van der Waals surface area contributed by atoms with Crippen LogP contribution < -0.4 is 5.73 Å². The van der Waals surface area contributed by atoms with Gasteiger partial charge in [-0.3, -0.25) is 0 Å². The van der Waals surface area contributed by atoms with Gasteiger partial charge >= 0.3 is 29.6 Å². The van der Waals surface area contributed by atoms with E-state index in [9.17, 15) is 0 Å². The second-order valence-corrected chi connectivity index (χ2v) is 2.58. The summed E-state index contributed by atoms with van der Waals surface area (Å²) in [4.78, 5) is 1.70. The predicted octanol–water partition coefficient (Wildman–Crippen LogP) is -2.16. The molecule has 16 heavy (non-hydrogen) atoms. The summed E-state index contributed by atoms with van der Waals surface area (Å²) in [6.07, 6.45) is 0. The number of aliphatic hydroxyl groups excluding tert-OH is 2. The Bertz CT molecular complexity index is 156.